The van der Waals surface area contributed by atoms with E-state index < -0.39 is 0 Å². The number of hydrogen-bond acceptors (Lipinski definition) is 6. The fourth-order valence-corrected chi connectivity index (χ4v) is 4.73. The predicted octanol–water partition coefficient (Wildman–Crippen LogP) is 5.46. The van der Waals surface area contributed by atoms with E-state index in [9.17, 15) is 4.79 Å². The number of nitrogens with zero attached hydrogens (tertiary/aromatic N) is 2. The second-order valence-corrected chi connectivity index (χ2v) is 9.43. The van der Waals surface area contributed by atoms with Crippen molar-refractivity contribution in [2.24, 2.45) is 5.92 Å². The van der Waals surface area contributed by atoms with Gasteiger partial charge in [0.15, 0.2) is 4.34 Å². The van der Waals surface area contributed by atoms with E-state index in [0.29, 0.717) is 32.6 Å². The van der Waals surface area contributed by atoms with E-state index in [-0.39, 0.29) is 5.91 Å². The van der Waals surface area contributed by atoms with Gasteiger partial charge in [0.05, 0.1) is 5.75 Å². The molecule has 0 bridgehead atoms. The predicted molar refractivity (Wildman–Crippen MR) is 107 cm³/mol. The van der Waals surface area contributed by atoms with Gasteiger partial charge in [-0.2, -0.15) is 0 Å². The van der Waals surface area contributed by atoms with Crippen LogP contribution in [0.5, 0.6) is 0 Å². The smallest absolute Gasteiger partial charge is 0.236 e. The fourth-order valence-electron chi connectivity index (χ4n) is 1.60. The van der Waals surface area contributed by atoms with Crippen molar-refractivity contribution >= 4 is 69.1 Å². The summed E-state index contributed by atoms with van der Waals surface area (Å²) >= 11 is 16.5. The number of thioether (sulfide) groups is 2. The molecule has 9 heteroatoms. The third-order valence-corrected chi connectivity index (χ3v) is 6.67. The van der Waals surface area contributed by atoms with Crippen LogP contribution in [0.15, 0.2) is 22.5 Å². The number of rotatable bonds is 8. The molecule has 1 N–H and O–H groups in total. The lowest BCUT2D eigenvalue weighted by molar-refractivity contribution is -0.113. The van der Waals surface area contributed by atoms with Crippen molar-refractivity contribution in [2.45, 2.75) is 23.9 Å². The Bertz CT molecular complexity index is 694. The van der Waals surface area contributed by atoms with Crippen LogP contribution in [0.1, 0.15) is 19.4 Å². The summed E-state index contributed by atoms with van der Waals surface area (Å²) in [7, 11) is 0. The summed E-state index contributed by atoms with van der Waals surface area (Å²) in [4.78, 5) is 12.0. The lowest BCUT2D eigenvalue weighted by Gasteiger charge is -2.04. The quantitative estimate of drug-likeness (QED) is 0.452. The number of carbonyl (C=O) groups excluding carboxylic acids is 1. The minimum absolute atomic E-state index is 0.0957. The van der Waals surface area contributed by atoms with Crippen molar-refractivity contribution in [3.63, 3.8) is 0 Å². The molecule has 2 rings (SSSR count). The summed E-state index contributed by atoms with van der Waals surface area (Å²) in [5.41, 5.74) is 0.960. The number of carbonyl (C=O) groups is 1. The molecule has 0 radical (unpaired) electrons. The summed E-state index contributed by atoms with van der Waals surface area (Å²) in [5, 5.41) is 12.6. The summed E-state index contributed by atoms with van der Waals surface area (Å²) in [6, 6.07) is 5.37. The van der Waals surface area contributed by atoms with Crippen molar-refractivity contribution in [2.75, 3.05) is 16.8 Å². The highest BCUT2D eigenvalue weighted by Gasteiger charge is 2.10. The molecule has 1 aromatic heterocycles. The third-order valence-electron chi connectivity index (χ3n) is 2.70. The summed E-state index contributed by atoms with van der Waals surface area (Å²) in [6.45, 7) is 4.31. The Balaban J connectivity index is 1.75. The highest BCUT2D eigenvalue weighted by Crippen LogP contribution is 2.27. The maximum atomic E-state index is 12.0. The fraction of sp³-hybridized carbons (Fsp3) is 0.400. The van der Waals surface area contributed by atoms with Crippen molar-refractivity contribution in [1.82, 2.24) is 10.2 Å². The number of anilines is 1. The first kappa shape index (κ1) is 19.8. The summed E-state index contributed by atoms with van der Waals surface area (Å²) < 4.78 is 0.875. The summed E-state index contributed by atoms with van der Waals surface area (Å²) in [5.74, 6) is 2.46. The first-order valence-corrected chi connectivity index (χ1v) is 10.9. The Morgan fingerprint density at radius 3 is 2.83 bits per heavy atom. The van der Waals surface area contributed by atoms with E-state index in [1.807, 2.05) is 6.07 Å². The number of aromatic nitrogens is 2. The molecular formula is C15H17Cl2N3OS3. The van der Waals surface area contributed by atoms with E-state index in [0.717, 1.165) is 15.7 Å². The van der Waals surface area contributed by atoms with Crippen LogP contribution in [0.25, 0.3) is 0 Å². The van der Waals surface area contributed by atoms with Crippen molar-refractivity contribution in [1.29, 1.82) is 0 Å². The van der Waals surface area contributed by atoms with Crippen molar-refractivity contribution in [3.8, 4) is 0 Å². The van der Waals surface area contributed by atoms with Gasteiger partial charge in [0.25, 0.3) is 0 Å². The van der Waals surface area contributed by atoms with Gasteiger partial charge in [-0.3, -0.25) is 10.1 Å². The van der Waals surface area contributed by atoms with Gasteiger partial charge in [-0.05, 0) is 23.6 Å². The molecule has 2 aromatic rings. The number of halogens is 2. The highest BCUT2D eigenvalue weighted by atomic mass is 35.5. The molecule has 0 aliphatic carbocycles. The molecule has 0 fully saturated rings. The highest BCUT2D eigenvalue weighted by molar-refractivity contribution is 8.01. The number of hydrogen-bond donors (Lipinski definition) is 1. The van der Waals surface area contributed by atoms with Crippen LogP contribution in [-0.2, 0) is 10.5 Å². The van der Waals surface area contributed by atoms with Gasteiger partial charge < -0.3 is 0 Å². The normalized spacial score (nSPS) is 11.0. The van der Waals surface area contributed by atoms with E-state index in [1.165, 1.54) is 23.1 Å². The Hall–Kier alpha value is -0.470. The van der Waals surface area contributed by atoms with Gasteiger partial charge in [-0.15, -0.1) is 22.0 Å². The average Bonchev–Trinajstić information content (AvgIpc) is 2.95. The topological polar surface area (TPSA) is 54.9 Å². The minimum Gasteiger partial charge on any atom is -0.300 e. The third kappa shape index (κ3) is 6.80. The lowest BCUT2D eigenvalue weighted by atomic mass is 10.2. The molecule has 0 saturated carbocycles. The second-order valence-electron chi connectivity index (χ2n) is 5.35. The monoisotopic (exact) mass is 421 g/mol. The average molecular weight is 422 g/mol. The van der Waals surface area contributed by atoms with Gasteiger partial charge in [-0.1, -0.05) is 66.2 Å². The van der Waals surface area contributed by atoms with Crippen LogP contribution in [0, 0.1) is 5.92 Å². The number of amides is 1. The number of benzene rings is 1. The van der Waals surface area contributed by atoms with Crippen LogP contribution in [0.4, 0.5) is 5.13 Å². The van der Waals surface area contributed by atoms with Gasteiger partial charge in [-0.25, -0.2) is 0 Å². The first-order valence-electron chi connectivity index (χ1n) is 7.22. The molecule has 24 heavy (non-hydrogen) atoms. The molecule has 0 atom stereocenters. The molecular weight excluding hydrogens is 405 g/mol. The van der Waals surface area contributed by atoms with Gasteiger partial charge in [0.2, 0.25) is 11.0 Å². The molecule has 0 aliphatic rings. The Labute approximate surface area is 164 Å². The zero-order chi connectivity index (χ0) is 17.5. The Kier molecular flexibility index (Phi) is 8.16. The largest absolute Gasteiger partial charge is 0.300 e. The van der Waals surface area contributed by atoms with E-state index in [1.54, 1.807) is 23.9 Å². The lowest BCUT2D eigenvalue weighted by Crippen LogP contribution is -2.14. The molecule has 1 aromatic carbocycles. The zero-order valence-corrected chi connectivity index (χ0v) is 17.2. The van der Waals surface area contributed by atoms with Gasteiger partial charge in [0.1, 0.15) is 0 Å². The molecule has 4 nitrogen and oxygen atoms in total. The number of nitrogens with one attached hydrogen (secondary N) is 1. The van der Waals surface area contributed by atoms with Gasteiger partial charge in [0, 0.05) is 21.6 Å². The van der Waals surface area contributed by atoms with Crippen LogP contribution in [-0.4, -0.2) is 27.6 Å². The van der Waals surface area contributed by atoms with E-state index >= 15 is 0 Å². The molecule has 0 aliphatic heterocycles. The molecule has 130 valence electrons. The Morgan fingerprint density at radius 1 is 1.33 bits per heavy atom. The van der Waals surface area contributed by atoms with Gasteiger partial charge >= 0.3 is 0 Å². The summed E-state index contributed by atoms with van der Waals surface area (Å²) in [6.07, 6.45) is 0. The van der Waals surface area contributed by atoms with E-state index in [4.69, 9.17) is 23.2 Å². The Morgan fingerprint density at radius 2 is 2.12 bits per heavy atom. The minimum atomic E-state index is -0.0957. The van der Waals surface area contributed by atoms with Crippen LogP contribution in [0.2, 0.25) is 10.0 Å². The molecule has 0 unspecified atom stereocenters. The SMILES string of the molecule is CC(C)CSc1nnc(NC(=O)CSCc2ccc(Cl)cc2Cl)s1. The standard InChI is InChI=1S/C15H17Cl2N3OS3/c1-9(2)6-23-15-20-19-14(24-15)18-13(21)8-22-7-10-3-4-11(16)5-12(10)17/h3-5,9H,6-8H2,1-2H3,(H,18,19,21). The zero-order valence-electron chi connectivity index (χ0n) is 13.2. The van der Waals surface area contributed by atoms with E-state index in [2.05, 4.69) is 29.4 Å². The maximum absolute atomic E-state index is 12.0. The maximum Gasteiger partial charge on any atom is 0.236 e. The van der Waals surface area contributed by atoms with Crippen molar-refractivity contribution < 1.29 is 4.79 Å². The molecule has 1 amide bonds. The van der Waals surface area contributed by atoms with Crippen LogP contribution >= 0.6 is 58.1 Å². The first-order chi connectivity index (χ1) is 11.4. The molecule has 0 saturated heterocycles. The molecule has 0 spiro atoms. The van der Waals surface area contributed by atoms with Crippen LogP contribution in [0.3, 0.4) is 0 Å². The molecule has 1 heterocycles. The second kappa shape index (κ2) is 9.87. The van der Waals surface area contributed by atoms with Crippen LogP contribution < -0.4 is 5.32 Å². The van der Waals surface area contributed by atoms with Crippen molar-refractivity contribution in [3.05, 3.63) is 33.8 Å².